The molecule has 0 saturated heterocycles. The van der Waals surface area contributed by atoms with E-state index in [2.05, 4.69) is 13.0 Å². The standard InChI is InChI=1S/C11H10N2S/c1-2-7-3-4-8(6-12)9-5-10(13)14-11(7)9/h3-5H,2,13H2,1H3. The SMILES string of the molecule is CCc1ccc(C#N)c2cc(N)sc12. The van der Waals surface area contributed by atoms with Crippen LogP contribution in [0.4, 0.5) is 5.00 Å². The Labute approximate surface area is 86.6 Å². The molecular weight excluding hydrogens is 192 g/mol. The number of thiophene rings is 1. The molecule has 1 aromatic carbocycles. The largest absolute Gasteiger partial charge is 0.391 e. The van der Waals surface area contributed by atoms with E-state index in [1.807, 2.05) is 18.2 Å². The molecule has 0 fully saturated rings. The van der Waals surface area contributed by atoms with Crippen molar-refractivity contribution < 1.29 is 0 Å². The van der Waals surface area contributed by atoms with E-state index < -0.39 is 0 Å². The van der Waals surface area contributed by atoms with Crippen LogP contribution in [0.2, 0.25) is 0 Å². The van der Waals surface area contributed by atoms with E-state index >= 15 is 0 Å². The van der Waals surface area contributed by atoms with Gasteiger partial charge in [-0.1, -0.05) is 13.0 Å². The van der Waals surface area contributed by atoms with Crippen LogP contribution in [0.5, 0.6) is 0 Å². The van der Waals surface area contributed by atoms with Crippen LogP contribution >= 0.6 is 11.3 Å². The summed E-state index contributed by atoms with van der Waals surface area (Å²) in [5, 5.41) is 10.7. The first-order valence-corrected chi connectivity index (χ1v) is 5.29. The van der Waals surface area contributed by atoms with Crippen molar-refractivity contribution in [3.8, 4) is 6.07 Å². The Bertz CT molecular complexity index is 520. The van der Waals surface area contributed by atoms with E-state index in [9.17, 15) is 0 Å². The van der Waals surface area contributed by atoms with Crippen molar-refractivity contribution in [3.63, 3.8) is 0 Å². The maximum absolute atomic E-state index is 8.92. The molecule has 0 atom stereocenters. The number of hydrogen-bond donors (Lipinski definition) is 1. The Morgan fingerprint density at radius 3 is 2.93 bits per heavy atom. The number of aryl methyl sites for hydroxylation is 1. The van der Waals surface area contributed by atoms with Crippen molar-refractivity contribution in [1.29, 1.82) is 5.26 Å². The lowest BCUT2D eigenvalue weighted by atomic mass is 10.1. The van der Waals surface area contributed by atoms with Gasteiger partial charge in [0.05, 0.1) is 16.6 Å². The molecule has 0 aliphatic carbocycles. The van der Waals surface area contributed by atoms with Crippen molar-refractivity contribution >= 4 is 26.4 Å². The molecule has 0 amide bonds. The van der Waals surface area contributed by atoms with Gasteiger partial charge in [0.2, 0.25) is 0 Å². The van der Waals surface area contributed by atoms with Gasteiger partial charge in [-0.2, -0.15) is 5.26 Å². The maximum atomic E-state index is 8.92. The highest BCUT2D eigenvalue weighted by Gasteiger charge is 2.07. The van der Waals surface area contributed by atoms with Crippen LogP contribution in [0.15, 0.2) is 18.2 Å². The minimum absolute atomic E-state index is 0.713. The highest BCUT2D eigenvalue weighted by atomic mass is 32.1. The second-order valence-electron chi connectivity index (χ2n) is 3.13. The van der Waals surface area contributed by atoms with Crippen LogP contribution in [0.25, 0.3) is 10.1 Å². The maximum Gasteiger partial charge on any atom is 0.0998 e. The molecule has 70 valence electrons. The fourth-order valence-electron chi connectivity index (χ4n) is 1.57. The first-order valence-electron chi connectivity index (χ1n) is 4.47. The summed E-state index contributed by atoms with van der Waals surface area (Å²) in [6.07, 6.45) is 0.974. The zero-order valence-corrected chi connectivity index (χ0v) is 8.69. The third-order valence-electron chi connectivity index (χ3n) is 2.29. The first kappa shape index (κ1) is 9.04. The van der Waals surface area contributed by atoms with Gasteiger partial charge in [-0.05, 0) is 24.1 Å². The lowest BCUT2D eigenvalue weighted by Crippen LogP contribution is -1.82. The van der Waals surface area contributed by atoms with Gasteiger partial charge < -0.3 is 5.73 Å². The van der Waals surface area contributed by atoms with Gasteiger partial charge in [0.25, 0.3) is 0 Å². The van der Waals surface area contributed by atoms with Crippen LogP contribution in [-0.4, -0.2) is 0 Å². The quantitative estimate of drug-likeness (QED) is 0.773. The van der Waals surface area contributed by atoms with E-state index in [0.29, 0.717) is 5.56 Å². The Kier molecular flexibility index (Phi) is 2.14. The smallest absolute Gasteiger partial charge is 0.0998 e. The highest BCUT2D eigenvalue weighted by Crippen LogP contribution is 2.32. The topological polar surface area (TPSA) is 49.8 Å². The summed E-state index contributed by atoms with van der Waals surface area (Å²) in [7, 11) is 0. The third-order valence-corrected chi connectivity index (χ3v) is 3.33. The summed E-state index contributed by atoms with van der Waals surface area (Å²) in [6.45, 7) is 2.11. The molecule has 0 saturated carbocycles. The summed E-state index contributed by atoms with van der Waals surface area (Å²) in [4.78, 5) is 0. The zero-order chi connectivity index (χ0) is 10.1. The van der Waals surface area contributed by atoms with E-state index in [1.165, 1.54) is 5.56 Å². The number of nitriles is 1. The second kappa shape index (κ2) is 3.32. The molecular formula is C11H10N2S. The summed E-state index contributed by atoms with van der Waals surface area (Å²) in [5.41, 5.74) is 7.72. The molecule has 3 heteroatoms. The van der Waals surface area contributed by atoms with Crippen LogP contribution in [0.1, 0.15) is 18.1 Å². The lowest BCUT2D eigenvalue weighted by molar-refractivity contribution is 1.16. The van der Waals surface area contributed by atoms with Crippen molar-refractivity contribution in [3.05, 3.63) is 29.3 Å². The van der Waals surface area contributed by atoms with Crippen molar-refractivity contribution in [2.45, 2.75) is 13.3 Å². The summed E-state index contributed by atoms with van der Waals surface area (Å²) >= 11 is 1.56. The lowest BCUT2D eigenvalue weighted by Gasteiger charge is -1.99. The van der Waals surface area contributed by atoms with Gasteiger partial charge in [-0.25, -0.2) is 0 Å². The van der Waals surface area contributed by atoms with Gasteiger partial charge in [0.1, 0.15) is 0 Å². The predicted octanol–water partition coefficient (Wildman–Crippen LogP) is 2.92. The fourth-order valence-corrected chi connectivity index (χ4v) is 2.61. The van der Waals surface area contributed by atoms with E-state index in [0.717, 1.165) is 21.5 Å². The van der Waals surface area contributed by atoms with E-state index in [4.69, 9.17) is 11.0 Å². The zero-order valence-electron chi connectivity index (χ0n) is 7.87. The molecule has 2 N–H and O–H groups in total. The first-order chi connectivity index (χ1) is 6.76. The average molecular weight is 202 g/mol. The average Bonchev–Trinajstić information content (AvgIpc) is 2.57. The molecule has 1 heterocycles. The number of nitrogens with two attached hydrogens (primary N) is 1. The molecule has 2 nitrogen and oxygen atoms in total. The van der Waals surface area contributed by atoms with Crippen molar-refractivity contribution in [2.75, 3.05) is 5.73 Å². The monoisotopic (exact) mass is 202 g/mol. The number of benzene rings is 1. The van der Waals surface area contributed by atoms with Gasteiger partial charge in [-0.15, -0.1) is 11.3 Å². The van der Waals surface area contributed by atoms with Gasteiger partial charge in [0, 0.05) is 10.1 Å². The molecule has 0 bridgehead atoms. The molecule has 14 heavy (non-hydrogen) atoms. The molecule has 0 aliphatic heterocycles. The third kappa shape index (κ3) is 1.24. The number of fused-ring (bicyclic) bond motifs is 1. The van der Waals surface area contributed by atoms with E-state index in [1.54, 1.807) is 11.3 Å². The number of rotatable bonds is 1. The normalized spacial score (nSPS) is 10.3. The number of anilines is 1. The Hall–Kier alpha value is -1.53. The Morgan fingerprint density at radius 2 is 2.29 bits per heavy atom. The Balaban J connectivity index is 2.86. The van der Waals surface area contributed by atoms with E-state index in [-0.39, 0.29) is 0 Å². The van der Waals surface area contributed by atoms with Crippen molar-refractivity contribution in [2.24, 2.45) is 0 Å². The van der Waals surface area contributed by atoms with Gasteiger partial charge in [-0.3, -0.25) is 0 Å². The van der Waals surface area contributed by atoms with Crippen LogP contribution in [-0.2, 0) is 6.42 Å². The molecule has 0 spiro atoms. The number of hydrogen-bond acceptors (Lipinski definition) is 3. The highest BCUT2D eigenvalue weighted by molar-refractivity contribution is 7.22. The second-order valence-corrected chi connectivity index (χ2v) is 4.21. The van der Waals surface area contributed by atoms with Crippen LogP contribution in [0.3, 0.4) is 0 Å². The molecule has 1 aromatic heterocycles. The molecule has 2 aromatic rings. The van der Waals surface area contributed by atoms with Gasteiger partial charge >= 0.3 is 0 Å². The molecule has 0 radical (unpaired) electrons. The predicted molar refractivity (Wildman–Crippen MR) is 60.3 cm³/mol. The van der Waals surface area contributed by atoms with Gasteiger partial charge in [0.15, 0.2) is 0 Å². The molecule has 0 unspecified atom stereocenters. The van der Waals surface area contributed by atoms with Crippen LogP contribution in [0, 0.1) is 11.3 Å². The minimum Gasteiger partial charge on any atom is -0.391 e. The molecule has 0 aliphatic rings. The number of nitrogens with zero attached hydrogens (tertiary/aromatic N) is 1. The minimum atomic E-state index is 0.713. The summed E-state index contributed by atoms with van der Waals surface area (Å²) < 4.78 is 1.16. The fraction of sp³-hybridized carbons (Fsp3) is 0.182. The summed E-state index contributed by atoms with van der Waals surface area (Å²) in [6, 6.07) is 7.95. The summed E-state index contributed by atoms with van der Waals surface area (Å²) in [5.74, 6) is 0. The van der Waals surface area contributed by atoms with Crippen LogP contribution < -0.4 is 5.73 Å². The number of nitrogen functional groups attached to an aromatic ring is 1. The molecule has 2 rings (SSSR count). The van der Waals surface area contributed by atoms with Crippen molar-refractivity contribution in [1.82, 2.24) is 0 Å². The Morgan fingerprint density at radius 1 is 1.50 bits per heavy atom.